The van der Waals surface area contributed by atoms with Crippen molar-refractivity contribution >= 4 is 0 Å². The highest BCUT2D eigenvalue weighted by molar-refractivity contribution is 5.58. The molecule has 0 aliphatic heterocycles. The van der Waals surface area contributed by atoms with Crippen LogP contribution in [0.2, 0.25) is 0 Å². The average Bonchev–Trinajstić information content (AvgIpc) is 2.97. The zero-order valence-electron chi connectivity index (χ0n) is 12.1. The lowest BCUT2D eigenvalue weighted by atomic mass is 10.2. The van der Waals surface area contributed by atoms with E-state index in [1.165, 1.54) is 7.05 Å². The fourth-order valence-electron chi connectivity index (χ4n) is 1.81. The Labute approximate surface area is 124 Å². The Hall–Kier alpha value is -2.66. The molecule has 0 atom stereocenters. The Morgan fingerprint density at radius 3 is 2.48 bits per heavy atom. The molecule has 0 spiro atoms. The number of rotatable bonds is 3. The molecule has 2 heterocycles. The molecule has 5 nitrogen and oxygen atoms in total. The number of hydrogen-bond acceptors (Lipinski definition) is 4. The molecule has 5 heteroatoms. The summed E-state index contributed by atoms with van der Waals surface area (Å²) in [5.41, 5.74) is 6.32. The number of nitrogens with two attached hydrogens (primary N) is 1. The van der Waals surface area contributed by atoms with E-state index in [1.54, 1.807) is 17.1 Å². The Kier molecular flexibility index (Phi) is 5.06. The number of para-hydroxylation sites is 1. The van der Waals surface area contributed by atoms with Gasteiger partial charge in [0.25, 0.3) is 0 Å². The zero-order valence-corrected chi connectivity index (χ0v) is 12.1. The lowest BCUT2D eigenvalue weighted by Gasteiger charge is -2.06. The quantitative estimate of drug-likeness (QED) is 0.802. The van der Waals surface area contributed by atoms with Crippen LogP contribution in [-0.4, -0.2) is 21.8 Å². The Bertz CT molecular complexity index is 680. The first-order valence-corrected chi connectivity index (χ1v) is 6.57. The summed E-state index contributed by atoms with van der Waals surface area (Å²) in [7, 11) is 3.38. The third-order valence-electron chi connectivity index (χ3n) is 2.71. The van der Waals surface area contributed by atoms with Gasteiger partial charge in [0.1, 0.15) is 11.5 Å². The van der Waals surface area contributed by atoms with E-state index >= 15 is 0 Å². The van der Waals surface area contributed by atoms with Crippen LogP contribution in [0, 0.1) is 0 Å². The van der Waals surface area contributed by atoms with Gasteiger partial charge in [-0.25, -0.2) is 0 Å². The Morgan fingerprint density at radius 1 is 1.05 bits per heavy atom. The van der Waals surface area contributed by atoms with E-state index in [4.69, 9.17) is 4.74 Å². The third-order valence-corrected chi connectivity index (χ3v) is 2.71. The van der Waals surface area contributed by atoms with Gasteiger partial charge in [-0.3, -0.25) is 9.67 Å². The van der Waals surface area contributed by atoms with Gasteiger partial charge < -0.3 is 10.5 Å². The minimum absolute atomic E-state index is 0.764. The molecule has 2 aromatic heterocycles. The first-order valence-electron chi connectivity index (χ1n) is 6.57. The van der Waals surface area contributed by atoms with Crippen LogP contribution in [0.1, 0.15) is 0 Å². The summed E-state index contributed by atoms with van der Waals surface area (Å²) in [4.78, 5) is 4.33. The standard InChI is InChI=1S/C15H13N3O.CH5N/c1-18-11-12(10-17-18)15-9-14(7-8-16-15)19-13-5-3-2-4-6-13;1-2/h2-11H,1H3;2H2,1H3. The summed E-state index contributed by atoms with van der Waals surface area (Å²) in [6, 6.07) is 13.4. The number of aromatic nitrogens is 3. The number of ether oxygens (including phenoxy) is 1. The second-order valence-electron chi connectivity index (χ2n) is 4.19. The summed E-state index contributed by atoms with van der Waals surface area (Å²) >= 11 is 0. The van der Waals surface area contributed by atoms with Crippen LogP contribution < -0.4 is 10.5 Å². The fraction of sp³-hybridized carbons (Fsp3) is 0.125. The van der Waals surface area contributed by atoms with Crippen molar-refractivity contribution in [3.05, 3.63) is 61.1 Å². The summed E-state index contributed by atoms with van der Waals surface area (Å²) in [6.07, 6.45) is 5.45. The fourth-order valence-corrected chi connectivity index (χ4v) is 1.81. The molecule has 0 aliphatic rings. The van der Waals surface area contributed by atoms with Gasteiger partial charge in [-0.1, -0.05) is 18.2 Å². The molecular weight excluding hydrogens is 264 g/mol. The van der Waals surface area contributed by atoms with Crippen molar-refractivity contribution in [1.29, 1.82) is 0 Å². The van der Waals surface area contributed by atoms with Crippen molar-refractivity contribution in [2.75, 3.05) is 7.05 Å². The molecule has 0 saturated heterocycles. The highest BCUT2D eigenvalue weighted by atomic mass is 16.5. The number of benzene rings is 1. The second kappa shape index (κ2) is 7.21. The van der Waals surface area contributed by atoms with Crippen LogP contribution >= 0.6 is 0 Å². The molecule has 0 unspecified atom stereocenters. The van der Waals surface area contributed by atoms with Crippen molar-refractivity contribution in [2.45, 2.75) is 0 Å². The van der Waals surface area contributed by atoms with Crippen LogP contribution in [0.15, 0.2) is 61.1 Å². The molecule has 3 aromatic rings. The van der Waals surface area contributed by atoms with Crippen molar-refractivity contribution in [3.8, 4) is 22.8 Å². The Balaban J connectivity index is 0.000000774. The van der Waals surface area contributed by atoms with E-state index in [2.05, 4.69) is 15.8 Å². The van der Waals surface area contributed by atoms with Crippen LogP contribution in [0.4, 0.5) is 0 Å². The van der Waals surface area contributed by atoms with E-state index in [1.807, 2.05) is 55.7 Å². The summed E-state index contributed by atoms with van der Waals surface area (Å²) in [5, 5.41) is 4.14. The molecule has 3 rings (SSSR count). The largest absolute Gasteiger partial charge is 0.457 e. The summed E-state index contributed by atoms with van der Waals surface area (Å²) in [5.74, 6) is 1.57. The van der Waals surface area contributed by atoms with Crippen LogP contribution in [0.25, 0.3) is 11.3 Å². The maximum atomic E-state index is 5.78. The van der Waals surface area contributed by atoms with Gasteiger partial charge in [-0.2, -0.15) is 5.10 Å². The number of hydrogen-bond donors (Lipinski definition) is 1. The van der Waals surface area contributed by atoms with Crippen molar-refractivity contribution in [1.82, 2.24) is 14.8 Å². The molecular formula is C16H18N4O. The first-order chi connectivity index (χ1) is 10.3. The average molecular weight is 282 g/mol. The van der Waals surface area contributed by atoms with E-state index in [0.29, 0.717) is 0 Å². The van der Waals surface area contributed by atoms with E-state index in [-0.39, 0.29) is 0 Å². The maximum Gasteiger partial charge on any atom is 0.131 e. The third kappa shape index (κ3) is 3.90. The summed E-state index contributed by atoms with van der Waals surface area (Å²) in [6.45, 7) is 0. The smallest absolute Gasteiger partial charge is 0.131 e. The highest BCUT2D eigenvalue weighted by Gasteiger charge is 2.04. The van der Waals surface area contributed by atoms with Crippen molar-refractivity contribution in [3.63, 3.8) is 0 Å². The van der Waals surface area contributed by atoms with Gasteiger partial charge >= 0.3 is 0 Å². The molecule has 0 radical (unpaired) electrons. The molecule has 1 aromatic carbocycles. The molecule has 2 N–H and O–H groups in total. The van der Waals surface area contributed by atoms with Crippen LogP contribution in [-0.2, 0) is 7.05 Å². The van der Waals surface area contributed by atoms with E-state index < -0.39 is 0 Å². The van der Waals surface area contributed by atoms with Gasteiger partial charge in [0.15, 0.2) is 0 Å². The van der Waals surface area contributed by atoms with Crippen molar-refractivity contribution in [2.24, 2.45) is 12.8 Å². The predicted molar refractivity (Wildman–Crippen MR) is 83.1 cm³/mol. The lowest BCUT2D eigenvalue weighted by Crippen LogP contribution is -1.87. The topological polar surface area (TPSA) is 66.0 Å². The number of pyridine rings is 1. The summed E-state index contributed by atoms with van der Waals surface area (Å²) < 4.78 is 7.53. The van der Waals surface area contributed by atoms with Crippen LogP contribution in [0.5, 0.6) is 11.5 Å². The maximum absolute atomic E-state index is 5.78. The predicted octanol–water partition coefficient (Wildman–Crippen LogP) is 2.85. The molecule has 0 aliphatic carbocycles. The molecule has 0 saturated carbocycles. The van der Waals surface area contributed by atoms with Gasteiger partial charge in [0.05, 0.1) is 11.9 Å². The minimum atomic E-state index is 0.764. The van der Waals surface area contributed by atoms with Gasteiger partial charge in [-0.15, -0.1) is 0 Å². The Morgan fingerprint density at radius 2 is 1.81 bits per heavy atom. The molecule has 21 heavy (non-hydrogen) atoms. The van der Waals surface area contributed by atoms with Crippen molar-refractivity contribution < 1.29 is 4.74 Å². The highest BCUT2D eigenvalue weighted by Crippen LogP contribution is 2.24. The normalized spacial score (nSPS) is 9.67. The zero-order chi connectivity index (χ0) is 15.1. The monoisotopic (exact) mass is 282 g/mol. The molecule has 0 amide bonds. The van der Waals surface area contributed by atoms with E-state index in [0.717, 1.165) is 22.8 Å². The number of nitrogens with zero attached hydrogens (tertiary/aromatic N) is 3. The first kappa shape index (κ1) is 14.7. The molecule has 108 valence electrons. The van der Waals surface area contributed by atoms with Gasteiger partial charge in [0, 0.05) is 31.1 Å². The van der Waals surface area contributed by atoms with Crippen LogP contribution in [0.3, 0.4) is 0 Å². The lowest BCUT2D eigenvalue weighted by molar-refractivity contribution is 0.482. The SMILES string of the molecule is CN.Cn1cc(-c2cc(Oc3ccccc3)ccn2)cn1. The van der Waals surface area contributed by atoms with Gasteiger partial charge in [-0.05, 0) is 25.2 Å². The molecule has 0 fully saturated rings. The molecule has 0 bridgehead atoms. The number of aryl methyl sites for hydroxylation is 1. The van der Waals surface area contributed by atoms with Gasteiger partial charge in [0.2, 0.25) is 0 Å². The van der Waals surface area contributed by atoms with E-state index in [9.17, 15) is 0 Å². The second-order valence-corrected chi connectivity index (χ2v) is 4.19. The minimum Gasteiger partial charge on any atom is -0.457 e.